The summed E-state index contributed by atoms with van der Waals surface area (Å²) < 4.78 is 24.2. The maximum atomic E-state index is 12.0. The zero-order valence-electron chi connectivity index (χ0n) is 12.0. The molecule has 0 spiro atoms. The van der Waals surface area contributed by atoms with E-state index in [1.165, 1.54) is 16.9 Å². The van der Waals surface area contributed by atoms with Crippen LogP contribution in [0.25, 0.3) is 0 Å². The molecule has 0 aliphatic carbocycles. The zero-order valence-corrected chi connectivity index (χ0v) is 12.8. The number of aromatic nitrogens is 2. The minimum Gasteiger partial charge on any atom is -0.356 e. The molecule has 1 aromatic heterocycles. The number of sulfonamides is 1. The second-order valence-corrected chi connectivity index (χ2v) is 7.21. The molecule has 7 nitrogen and oxygen atoms in total. The van der Waals surface area contributed by atoms with Crippen LogP contribution in [0.5, 0.6) is 0 Å². The fourth-order valence-electron chi connectivity index (χ4n) is 2.38. The number of amides is 1. The van der Waals surface area contributed by atoms with Crippen molar-refractivity contribution in [3.05, 3.63) is 24.3 Å². The molecule has 0 bridgehead atoms. The number of nitrogens with zero attached hydrogens (tertiary/aromatic N) is 3. The number of carbonyl (C=O) groups is 1. The highest BCUT2D eigenvalue weighted by Gasteiger charge is 2.28. The summed E-state index contributed by atoms with van der Waals surface area (Å²) in [6.07, 6.45) is 7.97. The van der Waals surface area contributed by atoms with Gasteiger partial charge in [-0.05, 0) is 24.8 Å². The summed E-state index contributed by atoms with van der Waals surface area (Å²) in [7, 11) is -3.14. The lowest BCUT2D eigenvalue weighted by Crippen LogP contribution is -2.42. The largest absolute Gasteiger partial charge is 0.356 e. The van der Waals surface area contributed by atoms with Crippen LogP contribution in [0.3, 0.4) is 0 Å². The van der Waals surface area contributed by atoms with Gasteiger partial charge in [0, 0.05) is 37.9 Å². The van der Waals surface area contributed by atoms with Crippen molar-refractivity contribution in [3.63, 3.8) is 0 Å². The van der Waals surface area contributed by atoms with Gasteiger partial charge in [-0.15, -0.1) is 0 Å². The van der Waals surface area contributed by atoms with Crippen molar-refractivity contribution in [1.29, 1.82) is 0 Å². The summed E-state index contributed by atoms with van der Waals surface area (Å²) in [4.78, 5) is 19.9. The highest BCUT2D eigenvalue weighted by atomic mass is 32.2. The summed E-state index contributed by atoms with van der Waals surface area (Å²) >= 11 is 0. The van der Waals surface area contributed by atoms with Gasteiger partial charge >= 0.3 is 0 Å². The molecular weight excluding hydrogens is 292 g/mol. The number of rotatable bonds is 5. The van der Waals surface area contributed by atoms with Crippen LogP contribution in [0, 0.1) is 5.92 Å². The standard InChI is InChI=1S/C13H20N4O3S/c1-21(19,20)17-6-3-12(4-7-17)13(18)16-5-2-11-8-14-10-15-9-11/h8-10,12H,2-7H2,1H3,(H,16,18). The summed E-state index contributed by atoms with van der Waals surface area (Å²) in [6.45, 7) is 1.38. The Bertz CT molecular complexity index is 568. The molecule has 0 aromatic carbocycles. The average molecular weight is 312 g/mol. The van der Waals surface area contributed by atoms with E-state index in [1.54, 1.807) is 12.4 Å². The predicted octanol–water partition coefficient (Wildman–Crippen LogP) is -0.193. The second-order valence-electron chi connectivity index (χ2n) is 5.22. The fraction of sp³-hybridized carbons (Fsp3) is 0.615. The fourth-order valence-corrected chi connectivity index (χ4v) is 3.26. The van der Waals surface area contributed by atoms with E-state index in [-0.39, 0.29) is 11.8 Å². The Kier molecular flexibility index (Phi) is 5.24. The predicted molar refractivity (Wildman–Crippen MR) is 77.9 cm³/mol. The summed E-state index contributed by atoms with van der Waals surface area (Å²) in [5.74, 6) is -0.102. The van der Waals surface area contributed by atoms with Crippen LogP contribution in [-0.4, -0.2) is 54.5 Å². The first-order valence-corrected chi connectivity index (χ1v) is 8.78. The molecule has 1 saturated heterocycles. The average Bonchev–Trinajstić information content (AvgIpc) is 2.47. The van der Waals surface area contributed by atoms with Gasteiger partial charge in [0.25, 0.3) is 0 Å². The molecule has 1 amide bonds. The molecule has 2 rings (SSSR count). The van der Waals surface area contributed by atoms with Gasteiger partial charge in [-0.25, -0.2) is 22.7 Å². The lowest BCUT2D eigenvalue weighted by molar-refractivity contribution is -0.126. The first kappa shape index (κ1) is 15.8. The van der Waals surface area contributed by atoms with Crippen LogP contribution >= 0.6 is 0 Å². The lowest BCUT2D eigenvalue weighted by Gasteiger charge is -2.29. The number of hydrogen-bond donors (Lipinski definition) is 1. The minimum absolute atomic E-state index is 0.000000472. The third-order valence-corrected chi connectivity index (χ3v) is 4.92. The Morgan fingerprint density at radius 2 is 1.95 bits per heavy atom. The topological polar surface area (TPSA) is 92.3 Å². The van der Waals surface area contributed by atoms with E-state index in [9.17, 15) is 13.2 Å². The van der Waals surface area contributed by atoms with Gasteiger partial charge in [-0.1, -0.05) is 0 Å². The van der Waals surface area contributed by atoms with Gasteiger partial charge in [0.2, 0.25) is 15.9 Å². The van der Waals surface area contributed by atoms with Crippen molar-refractivity contribution in [2.24, 2.45) is 5.92 Å². The second kappa shape index (κ2) is 6.95. The third kappa shape index (κ3) is 4.75. The van der Waals surface area contributed by atoms with Gasteiger partial charge in [-0.2, -0.15) is 0 Å². The molecule has 8 heteroatoms. The van der Waals surface area contributed by atoms with Gasteiger partial charge in [0.05, 0.1) is 6.26 Å². The molecule has 21 heavy (non-hydrogen) atoms. The highest BCUT2D eigenvalue weighted by molar-refractivity contribution is 7.88. The highest BCUT2D eigenvalue weighted by Crippen LogP contribution is 2.19. The Morgan fingerprint density at radius 3 is 2.52 bits per heavy atom. The van der Waals surface area contributed by atoms with E-state index < -0.39 is 10.0 Å². The van der Waals surface area contributed by atoms with Crippen LogP contribution < -0.4 is 5.32 Å². The van der Waals surface area contributed by atoms with Crippen molar-refractivity contribution in [3.8, 4) is 0 Å². The lowest BCUT2D eigenvalue weighted by atomic mass is 9.97. The number of carbonyl (C=O) groups excluding carboxylic acids is 1. The third-order valence-electron chi connectivity index (χ3n) is 3.62. The van der Waals surface area contributed by atoms with E-state index in [2.05, 4.69) is 15.3 Å². The zero-order chi connectivity index (χ0) is 15.3. The van der Waals surface area contributed by atoms with Gasteiger partial charge in [0.1, 0.15) is 6.33 Å². The molecule has 0 atom stereocenters. The van der Waals surface area contributed by atoms with Crippen LogP contribution in [0.1, 0.15) is 18.4 Å². The van der Waals surface area contributed by atoms with Crippen molar-refractivity contribution in [2.75, 3.05) is 25.9 Å². The van der Waals surface area contributed by atoms with Crippen molar-refractivity contribution in [1.82, 2.24) is 19.6 Å². The number of hydrogen-bond acceptors (Lipinski definition) is 5. The van der Waals surface area contributed by atoms with Crippen molar-refractivity contribution >= 4 is 15.9 Å². The number of piperidine rings is 1. The monoisotopic (exact) mass is 312 g/mol. The van der Waals surface area contributed by atoms with E-state index >= 15 is 0 Å². The quantitative estimate of drug-likeness (QED) is 0.813. The Hall–Kier alpha value is -1.54. The SMILES string of the molecule is CS(=O)(=O)N1CCC(C(=O)NCCc2cncnc2)CC1. The summed E-state index contributed by atoms with van der Waals surface area (Å²) in [5, 5.41) is 2.89. The minimum atomic E-state index is -3.14. The molecule has 1 aliphatic rings. The van der Waals surface area contributed by atoms with Crippen molar-refractivity contribution in [2.45, 2.75) is 19.3 Å². The summed E-state index contributed by atoms with van der Waals surface area (Å²) in [5.41, 5.74) is 0.977. The Morgan fingerprint density at radius 1 is 1.33 bits per heavy atom. The van der Waals surface area contributed by atoms with Crippen LogP contribution in [0.2, 0.25) is 0 Å². The van der Waals surface area contributed by atoms with E-state index in [1.807, 2.05) is 0 Å². The van der Waals surface area contributed by atoms with E-state index in [4.69, 9.17) is 0 Å². The maximum absolute atomic E-state index is 12.0. The molecule has 0 saturated carbocycles. The first-order valence-electron chi connectivity index (χ1n) is 6.93. The molecule has 0 radical (unpaired) electrons. The molecule has 1 aromatic rings. The van der Waals surface area contributed by atoms with E-state index in [0.29, 0.717) is 38.9 Å². The van der Waals surface area contributed by atoms with Crippen molar-refractivity contribution < 1.29 is 13.2 Å². The molecule has 116 valence electrons. The van der Waals surface area contributed by atoms with Gasteiger partial charge in [0.15, 0.2) is 0 Å². The molecule has 2 heterocycles. The van der Waals surface area contributed by atoms with E-state index in [0.717, 1.165) is 5.56 Å². The maximum Gasteiger partial charge on any atom is 0.223 e. The van der Waals surface area contributed by atoms with Gasteiger partial charge in [-0.3, -0.25) is 4.79 Å². The molecule has 1 fully saturated rings. The normalized spacial score (nSPS) is 17.6. The smallest absolute Gasteiger partial charge is 0.223 e. The van der Waals surface area contributed by atoms with Crippen LogP contribution in [0.4, 0.5) is 0 Å². The molecule has 0 unspecified atom stereocenters. The molecule has 1 N–H and O–H groups in total. The van der Waals surface area contributed by atoms with Gasteiger partial charge < -0.3 is 5.32 Å². The molecular formula is C13H20N4O3S. The molecule has 1 aliphatic heterocycles. The van der Waals surface area contributed by atoms with Crippen LogP contribution in [0.15, 0.2) is 18.7 Å². The number of nitrogens with one attached hydrogen (secondary N) is 1. The Balaban J connectivity index is 1.73. The van der Waals surface area contributed by atoms with Crippen LogP contribution in [-0.2, 0) is 21.2 Å². The summed E-state index contributed by atoms with van der Waals surface area (Å²) in [6, 6.07) is 0. The first-order chi connectivity index (χ1) is 9.97. The Labute approximate surface area is 124 Å².